The molecular formula is C17H28N2O4S. The van der Waals surface area contributed by atoms with E-state index in [0.29, 0.717) is 25.9 Å². The Kier molecular flexibility index (Phi) is 8.21. The monoisotopic (exact) mass is 356 g/mol. The number of ether oxygens (including phenoxy) is 1. The van der Waals surface area contributed by atoms with E-state index in [9.17, 15) is 13.2 Å². The Morgan fingerprint density at radius 1 is 1.21 bits per heavy atom. The number of rotatable bonds is 10. The van der Waals surface area contributed by atoms with Crippen LogP contribution < -0.4 is 10.1 Å². The van der Waals surface area contributed by atoms with Crippen LogP contribution in [0.4, 0.5) is 0 Å². The molecule has 1 amide bonds. The number of benzene rings is 1. The van der Waals surface area contributed by atoms with Crippen LogP contribution in [0.3, 0.4) is 0 Å². The summed E-state index contributed by atoms with van der Waals surface area (Å²) in [6.45, 7) is 4.92. The zero-order valence-corrected chi connectivity index (χ0v) is 15.7. The maximum absolute atomic E-state index is 11.9. The number of carbonyl (C=O) groups is 1. The van der Waals surface area contributed by atoms with Crippen LogP contribution in [0.1, 0.15) is 25.8 Å². The molecule has 6 nitrogen and oxygen atoms in total. The molecule has 1 aromatic rings. The van der Waals surface area contributed by atoms with Crippen molar-refractivity contribution >= 4 is 15.9 Å². The average molecular weight is 356 g/mol. The molecule has 0 saturated heterocycles. The lowest BCUT2D eigenvalue weighted by molar-refractivity contribution is -0.121. The standard InChI is InChI=1S/C17H28N2O4S/c1-14(2)13-17(20)18-10-12-19(24(4,21)22)11-9-15-5-7-16(23-3)8-6-15/h5-8,14H,9-13H2,1-4H3,(H,18,20). The fourth-order valence-electron chi connectivity index (χ4n) is 2.25. The quantitative estimate of drug-likeness (QED) is 0.692. The summed E-state index contributed by atoms with van der Waals surface area (Å²) in [5.41, 5.74) is 1.04. The Hall–Kier alpha value is -1.60. The Morgan fingerprint density at radius 2 is 1.83 bits per heavy atom. The molecule has 0 aliphatic carbocycles. The highest BCUT2D eigenvalue weighted by atomic mass is 32.2. The summed E-state index contributed by atoms with van der Waals surface area (Å²) in [5.74, 6) is 1.01. The minimum absolute atomic E-state index is 0.0476. The molecule has 0 aliphatic rings. The van der Waals surface area contributed by atoms with E-state index < -0.39 is 10.0 Å². The Balaban J connectivity index is 2.52. The first kappa shape index (κ1) is 20.4. The van der Waals surface area contributed by atoms with Crippen LogP contribution in [0.5, 0.6) is 5.75 Å². The third kappa shape index (κ3) is 7.79. The minimum Gasteiger partial charge on any atom is -0.497 e. The van der Waals surface area contributed by atoms with E-state index in [4.69, 9.17) is 4.74 Å². The van der Waals surface area contributed by atoms with E-state index in [-0.39, 0.29) is 18.4 Å². The van der Waals surface area contributed by atoms with Crippen LogP contribution in [0, 0.1) is 5.92 Å². The molecule has 1 rings (SSSR count). The Labute approximate surface area is 145 Å². The predicted molar refractivity (Wildman–Crippen MR) is 95.6 cm³/mol. The van der Waals surface area contributed by atoms with Gasteiger partial charge in [0.2, 0.25) is 15.9 Å². The molecule has 0 fully saturated rings. The lowest BCUT2D eigenvalue weighted by Gasteiger charge is -2.20. The molecular weight excluding hydrogens is 328 g/mol. The molecule has 0 saturated carbocycles. The first-order chi connectivity index (χ1) is 11.2. The Morgan fingerprint density at radius 3 is 2.33 bits per heavy atom. The van der Waals surface area contributed by atoms with Gasteiger partial charge in [0, 0.05) is 26.1 Å². The molecule has 1 N–H and O–H groups in total. The first-order valence-electron chi connectivity index (χ1n) is 8.07. The molecule has 7 heteroatoms. The first-order valence-corrected chi connectivity index (χ1v) is 9.92. The molecule has 0 bridgehead atoms. The van der Waals surface area contributed by atoms with E-state index in [0.717, 1.165) is 11.3 Å². The van der Waals surface area contributed by atoms with Gasteiger partial charge < -0.3 is 10.1 Å². The molecule has 1 aromatic carbocycles. The number of methoxy groups -OCH3 is 1. The summed E-state index contributed by atoms with van der Waals surface area (Å²) in [5, 5.41) is 2.77. The number of hydrogen-bond donors (Lipinski definition) is 1. The zero-order valence-electron chi connectivity index (χ0n) is 14.9. The molecule has 0 aromatic heterocycles. The van der Waals surface area contributed by atoms with E-state index in [1.165, 1.54) is 10.6 Å². The van der Waals surface area contributed by atoms with Crippen molar-refractivity contribution in [1.82, 2.24) is 9.62 Å². The summed E-state index contributed by atoms with van der Waals surface area (Å²) >= 11 is 0. The van der Waals surface area contributed by atoms with Gasteiger partial charge in [-0.1, -0.05) is 26.0 Å². The van der Waals surface area contributed by atoms with Crippen LogP contribution in [0.15, 0.2) is 24.3 Å². The maximum Gasteiger partial charge on any atom is 0.220 e. The summed E-state index contributed by atoms with van der Waals surface area (Å²) in [6.07, 6.45) is 2.25. The van der Waals surface area contributed by atoms with E-state index in [2.05, 4.69) is 5.32 Å². The van der Waals surface area contributed by atoms with Gasteiger partial charge in [-0.3, -0.25) is 4.79 Å². The molecule has 136 valence electrons. The highest BCUT2D eigenvalue weighted by molar-refractivity contribution is 7.88. The number of sulfonamides is 1. The summed E-state index contributed by atoms with van der Waals surface area (Å²) in [6, 6.07) is 7.55. The molecule has 0 aliphatic heterocycles. The third-order valence-corrected chi connectivity index (χ3v) is 4.86. The number of carbonyl (C=O) groups excluding carboxylic acids is 1. The fraction of sp³-hybridized carbons (Fsp3) is 0.588. The predicted octanol–water partition coefficient (Wildman–Crippen LogP) is 1.66. The average Bonchev–Trinajstić information content (AvgIpc) is 2.49. The van der Waals surface area contributed by atoms with Crippen LogP contribution in [0.25, 0.3) is 0 Å². The van der Waals surface area contributed by atoms with E-state index >= 15 is 0 Å². The van der Waals surface area contributed by atoms with Crippen molar-refractivity contribution in [2.75, 3.05) is 33.0 Å². The van der Waals surface area contributed by atoms with E-state index in [1.54, 1.807) is 7.11 Å². The second-order valence-electron chi connectivity index (χ2n) is 6.21. The number of nitrogens with one attached hydrogen (secondary N) is 1. The fourth-order valence-corrected chi connectivity index (χ4v) is 3.10. The Bertz CT molecular complexity index is 612. The van der Waals surface area contributed by atoms with Crippen molar-refractivity contribution in [3.05, 3.63) is 29.8 Å². The normalized spacial score (nSPS) is 11.8. The minimum atomic E-state index is -3.31. The molecule has 0 heterocycles. The van der Waals surface area contributed by atoms with Crippen LogP contribution in [0.2, 0.25) is 0 Å². The summed E-state index contributed by atoms with van der Waals surface area (Å²) in [7, 11) is -1.71. The van der Waals surface area contributed by atoms with Crippen molar-refractivity contribution in [3.8, 4) is 5.75 Å². The van der Waals surface area contributed by atoms with Crippen molar-refractivity contribution in [1.29, 1.82) is 0 Å². The SMILES string of the molecule is COc1ccc(CCN(CCNC(=O)CC(C)C)S(C)(=O)=O)cc1. The highest BCUT2D eigenvalue weighted by Crippen LogP contribution is 2.12. The van der Waals surface area contributed by atoms with Crippen LogP contribution >= 0.6 is 0 Å². The van der Waals surface area contributed by atoms with Gasteiger partial charge >= 0.3 is 0 Å². The van der Waals surface area contributed by atoms with Crippen molar-refractivity contribution in [2.45, 2.75) is 26.7 Å². The van der Waals surface area contributed by atoms with Crippen LogP contribution in [-0.4, -0.2) is 51.6 Å². The van der Waals surface area contributed by atoms with Gasteiger partial charge in [-0.15, -0.1) is 0 Å². The third-order valence-electron chi connectivity index (χ3n) is 3.55. The second-order valence-corrected chi connectivity index (χ2v) is 8.19. The second kappa shape index (κ2) is 9.64. The van der Waals surface area contributed by atoms with Gasteiger partial charge in [-0.25, -0.2) is 12.7 Å². The molecule has 0 spiro atoms. The largest absolute Gasteiger partial charge is 0.497 e. The van der Waals surface area contributed by atoms with Gasteiger partial charge in [0.15, 0.2) is 0 Å². The van der Waals surface area contributed by atoms with Gasteiger partial charge in [0.05, 0.1) is 13.4 Å². The number of amides is 1. The highest BCUT2D eigenvalue weighted by Gasteiger charge is 2.16. The summed E-state index contributed by atoms with van der Waals surface area (Å²) in [4.78, 5) is 11.6. The van der Waals surface area contributed by atoms with Gasteiger partial charge in [-0.05, 0) is 30.0 Å². The number of hydrogen-bond acceptors (Lipinski definition) is 4. The topological polar surface area (TPSA) is 75.7 Å². The smallest absolute Gasteiger partial charge is 0.220 e. The lowest BCUT2D eigenvalue weighted by atomic mass is 10.1. The number of nitrogens with zero attached hydrogens (tertiary/aromatic N) is 1. The molecule has 0 atom stereocenters. The zero-order chi connectivity index (χ0) is 18.2. The summed E-state index contributed by atoms with van der Waals surface area (Å²) < 4.78 is 30.3. The van der Waals surface area contributed by atoms with E-state index in [1.807, 2.05) is 38.1 Å². The van der Waals surface area contributed by atoms with Gasteiger partial charge in [0.1, 0.15) is 5.75 Å². The van der Waals surface area contributed by atoms with Gasteiger partial charge in [-0.2, -0.15) is 0 Å². The molecule has 24 heavy (non-hydrogen) atoms. The lowest BCUT2D eigenvalue weighted by Crippen LogP contribution is -2.39. The van der Waals surface area contributed by atoms with Crippen molar-refractivity contribution in [2.24, 2.45) is 5.92 Å². The maximum atomic E-state index is 11.9. The van der Waals surface area contributed by atoms with Crippen molar-refractivity contribution in [3.63, 3.8) is 0 Å². The molecule has 0 radical (unpaired) electrons. The van der Waals surface area contributed by atoms with Crippen molar-refractivity contribution < 1.29 is 17.9 Å². The molecule has 0 unspecified atom stereocenters. The van der Waals surface area contributed by atoms with Crippen LogP contribution in [-0.2, 0) is 21.2 Å². The van der Waals surface area contributed by atoms with Gasteiger partial charge in [0.25, 0.3) is 0 Å².